The Bertz CT molecular complexity index is 802. The summed E-state index contributed by atoms with van der Waals surface area (Å²) in [4.78, 5) is 25.2. The van der Waals surface area contributed by atoms with Crippen molar-refractivity contribution in [3.05, 3.63) is 65.2 Å². The fourth-order valence-electron chi connectivity index (χ4n) is 3.11. The standard InChI is InChI=1S/C22H29N3O2/c1-15(2)13-22(4,14-23)25-21(27)18-11-10-16(3)19(12-18)24-20(26)17-8-6-5-7-9-17/h5-12,15H,13-14,23H2,1-4H3,(H,24,26)(H,25,27). The van der Waals surface area contributed by atoms with Gasteiger partial charge in [0.2, 0.25) is 0 Å². The zero-order valence-electron chi connectivity index (χ0n) is 16.5. The number of hydrogen-bond acceptors (Lipinski definition) is 3. The van der Waals surface area contributed by atoms with Crippen LogP contribution in [0.1, 0.15) is 53.5 Å². The number of aryl methyl sites for hydroxylation is 1. The minimum absolute atomic E-state index is 0.196. The van der Waals surface area contributed by atoms with Crippen molar-refractivity contribution < 1.29 is 9.59 Å². The lowest BCUT2D eigenvalue weighted by Gasteiger charge is -2.31. The molecule has 0 bridgehead atoms. The third-order valence-electron chi connectivity index (χ3n) is 4.51. The molecule has 2 rings (SSSR count). The van der Waals surface area contributed by atoms with E-state index in [4.69, 9.17) is 5.73 Å². The van der Waals surface area contributed by atoms with Gasteiger partial charge in [-0.05, 0) is 56.0 Å². The van der Waals surface area contributed by atoms with Gasteiger partial charge in [-0.1, -0.05) is 38.1 Å². The van der Waals surface area contributed by atoms with E-state index in [2.05, 4.69) is 24.5 Å². The first-order valence-electron chi connectivity index (χ1n) is 9.24. The number of carbonyl (C=O) groups excluding carboxylic acids is 2. The number of hydrogen-bond donors (Lipinski definition) is 3. The zero-order valence-corrected chi connectivity index (χ0v) is 16.5. The molecular formula is C22H29N3O2. The van der Waals surface area contributed by atoms with E-state index in [0.717, 1.165) is 12.0 Å². The number of benzene rings is 2. The van der Waals surface area contributed by atoms with E-state index in [1.54, 1.807) is 24.3 Å². The first-order chi connectivity index (χ1) is 12.7. The van der Waals surface area contributed by atoms with Gasteiger partial charge in [-0.3, -0.25) is 9.59 Å². The second-order valence-electron chi connectivity index (χ2n) is 7.67. The quantitative estimate of drug-likeness (QED) is 0.697. The van der Waals surface area contributed by atoms with Crippen molar-refractivity contribution in [1.29, 1.82) is 0 Å². The summed E-state index contributed by atoms with van der Waals surface area (Å²) in [5.41, 5.74) is 8.00. The van der Waals surface area contributed by atoms with Gasteiger partial charge in [-0.15, -0.1) is 0 Å². The van der Waals surface area contributed by atoms with Crippen LogP contribution in [-0.4, -0.2) is 23.9 Å². The Balaban J connectivity index is 2.18. The van der Waals surface area contributed by atoms with E-state index < -0.39 is 5.54 Å². The van der Waals surface area contributed by atoms with E-state index in [9.17, 15) is 9.59 Å². The molecule has 0 aliphatic heterocycles. The highest BCUT2D eigenvalue weighted by atomic mass is 16.2. The molecule has 1 unspecified atom stereocenters. The smallest absolute Gasteiger partial charge is 0.255 e. The molecule has 5 nitrogen and oxygen atoms in total. The third-order valence-corrected chi connectivity index (χ3v) is 4.51. The summed E-state index contributed by atoms with van der Waals surface area (Å²) in [6, 6.07) is 14.3. The van der Waals surface area contributed by atoms with Crippen LogP contribution < -0.4 is 16.4 Å². The Morgan fingerprint density at radius 1 is 1.04 bits per heavy atom. The zero-order chi connectivity index (χ0) is 20.0. The Kier molecular flexibility index (Phi) is 6.75. The second kappa shape index (κ2) is 8.82. The van der Waals surface area contributed by atoms with Gasteiger partial charge in [-0.2, -0.15) is 0 Å². The van der Waals surface area contributed by atoms with Crippen LogP contribution in [0.15, 0.2) is 48.5 Å². The number of rotatable bonds is 7. The van der Waals surface area contributed by atoms with Crippen LogP contribution in [-0.2, 0) is 0 Å². The largest absolute Gasteiger partial charge is 0.346 e. The molecule has 0 saturated heterocycles. The predicted molar refractivity (Wildman–Crippen MR) is 110 cm³/mol. The van der Waals surface area contributed by atoms with E-state index in [1.165, 1.54) is 0 Å². The van der Waals surface area contributed by atoms with Crippen LogP contribution in [0, 0.1) is 12.8 Å². The second-order valence-corrected chi connectivity index (χ2v) is 7.67. The molecule has 2 aromatic rings. The monoisotopic (exact) mass is 367 g/mol. The van der Waals surface area contributed by atoms with E-state index in [0.29, 0.717) is 29.3 Å². The number of nitrogens with one attached hydrogen (secondary N) is 2. The normalized spacial score (nSPS) is 13.1. The maximum atomic E-state index is 12.7. The van der Waals surface area contributed by atoms with Gasteiger partial charge in [0.05, 0.1) is 0 Å². The minimum Gasteiger partial charge on any atom is -0.346 e. The summed E-state index contributed by atoms with van der Waals surface area (Å²) in [6.07, 6.45) is 0.790. The van der Waals surface area contributed by atoms with Crippen LogP contribution in [0.4, 0.5) is 5.69 Å². The molecule has 0 radical (unpaired) electrons. The average Bonchev–Trinajstić information content (AvgIpc) is 2.63. The molecule has 0 heterocycles. The van der Waals surface area contributed by atoms with Crippen molar-refractivity contribution in [2.45, 2.75) is 39.7 Å². The summed E-state index contributed by atoms with van der Waals surface area (Å²) in [6.45, 7) is 8.41. The number of amides is 2. The van der Waals surface area contributed by atoms with Crippen LogP contribution >= 0.6 is 0 Å². The molecule has 2 amide bonds. The Labute approximate surface area is 161 Å². The third kappa shape index (κ3) is 5.66. The Morgan fingerprint density at radius 3 is 2.30 bits per heavy atom. The van der Waals surface area contributed by atoms with Crippen molar-refractivity contribution in [3.63, 3.8) is 0 Å². The van der Waals surface area contributed by atoms with Crippen LogP contribution in [0.25, 0.3) is 0 Å². The highest BCUT2D eigenvalue weighted by molar-refractivity contribution is 6.05. The SMILES string of the molecule is Cc1ccc(C(=O)NC(C)(CN)CC(C)C)cc1NC(=O)c1ccccc1. The summed E-state index contributed by atoms with van der Waals surface area (Å²) >= 11 is 0. The first kappa shape index (κ1) is 20.6. The maximum Gasteiger partial charge on any atom is 0.255 e. The molecule has 0 fully saturated rings. The van der Waals surface area contributed by atoms with E-state index in [1.807, 2.05) is 38.1 Å². The average molecular weight is 367 g/mol. The molecule has 1 atom stereocenters. The number of anilines is 1. The molecule has 0 spiro atoms. The van der Waals surface area contributed by atoms with Gasteiger partial charge in [0.15, 0.2) is 0 Å². The molecule has 4 N–H and O–H groups in total. The van der Waals surface area contributed by atoms with Crippen molar-refractivity contribution >= 4 is 17.5 Å². The van der Waals surface area contributed by atoms with Crippen LogP contribution in [0.5, 0.6) is 0 Å². The molecule has 0 saturated carbocycles. The lowest BCUT2D eigenvalue weighted by molar-refractivity contribution is 0.0897. The molecular weight excluding hydrogens is 338 g/mol. The predicted octanol–water partition coefficient (Wildman–Crippen LogP) is 3.74. The van der Waals surface area contributed by atoms with E-state index in [-0.39, 0.29) is 11.8 Å². The molecule has 0 aliphatic rings. The molecule has 27 heavy (non-hydrogen) atoms. The fraction of sp³-hybridized carbons (Fsp3) is 0.364. The Morgan fingerprint density at radius 2 is 1.70 bits per heavy atom. The highest BCUT2D eigenvalue weighted by Gasteiger charge is 2.26. The van der Waals surface area contributed by atoms with Crippen molar-refractivity contribution in [1.82, 2.24) is 5.32 Å². The lowest BCUT2D eigenvalue weighted by Crippen LogP contribution is -2.52. The molecule has 5 heteroatoms. The van der Waals surface area contributed by atoms with Gasteiger partial charge in [-0.25, -0.2) is 0 Å². The Hall–Kier alpha value is -2.66. The van der Waals surface area contributed by atoms with E-state index >= 15 is 0 Å². The van der Waals surface area contributed by atoms with Gasteiger partial charge in [0.1, 0.15) is 0 Å². The van der Waals surface area contributed by atoms with Gasteiger partial charge < -0.3 is 16.4 Å². The fourth-order valence-corrected chi connectivity index (χ4v) is 3.11. The summed E-state index contributed by atoms with van der Waals surface area (Å²) < 4.78 is 0. The topological polar surface area (TPSA) is 84.2 Å². The highest BCUT2D eigenvalue weighted by Crippen LogP contribution is 2.20. The summed E-state index contributed by atoms with van der Waals surface area (Å²) in [5.74, 6) is 0.0132. The maximum absolute atomic E-state index is 12.7. The van der Waals surface area contributed by atoms with Gasteiger partial charge in [0, 0.05) is 28.9 Å². The van der Waals surface area contributed by atoms with Crippen molar-refractivity contribution in [3.8, 4) is 0 Å². The summed E-state index contributed by atoms with van der Waals surface area (Å²) in [5, 5.41) is 5.93. The number of carbonyl (C=O) groups is 2. The van der Waals surface area contributed by atoms with Gasteiger partial charge in [0.25, 0.3) is 11.8 Å². The first-order valence-corrected chi connectivity index (χ1v) is 9.24. The van der Waals surface area contributed by atoms with Crippen LogP contribution in [0.2, 0.25) is 0 Å². The molecule has 0 aromatic heterocycles. The lowest BCUT2D eigenvalue weighted by atomic mass is 9.90. The van der Waals surface area contributed by atoms with Crippen molar-refractivity contribution in [2.24, 2.45) is 11.7 Å². The molecule has 2 aromatic carbocycles. The van der Waals surface area contributed by atoms with Gasteiger partial charge >= 0.3 is 0 Å². The van der Waals surface area contributed by atoms with Crippen LogP contribution in [0.3, 0.4) is 0 Å². The van der Waals surface area contributed by atoms with Crippen molar-refractivity contribution in [2.75, 3.05) is 11.9 Å². The summed E-state index contributed by atoms with van der Waals surface area (Å²) in [7, 11) is 0. The molecule has 144 valence electrons. The number of nitrogens with two attached hydrogens (primary N) is 1. The minimum atomic E-state index is -0.469. The molecule has 0 aliphatic carbocycles.